The molecule has 2 N–H and O–H groups in total. The van der Waals surface area contributed by atoms with Gasteiger partial charge in [0.05, 0.1) is 16.3 Å². The van der Waals surface area contributed by atoms with Gasteiger partial charge in [0.15, 0.2) is 0 Å². The maximum Gasteiger partial charge on any atom is 0.251 e. The van der Waals surface area contributed by atoms with Crippen LogP contribution in [0.25, 0.3) is 5.69 Å². The van der Waals surface area contributed by atoms with Crippen LogP contribution in [-0.4, -0.2) is 36.7 Å². The minimum Gasteiger partial charge on any atom is -0.352 e. The summed E-state index contributed by atoms with van der Waals surface area (Å²) in [6.45, 7) is 6.02. The van der Waals surface area contributed by atoms with Crippen LogP contribution in [0.15, 0.2) is 65.7 Å². The van der Waals surface area contributed by atoms with Crippen molar-refractivity contribution in [1.29, 1.82) is 0 Å². The minimum absolute atomic E-state index is 0.142. The lowest BCUT2D eigenvalue weighted by Crippen LogP contribution is -2.30. The van der Waals surface area contributed by atoms with E-state index in [0.717, 1.165) is 29.8 Å². The van der Waals surface area contributed by atoms with Crippen molar-refractivity contribution in [3.63, 3.8) is 0 Å². The zero-order valence-electron chi connectivity index (χ0n) is 18.0. The third-order valence-electron chi connectivity index (χ3n) is 4.75. The van der Waals surface area contributed by atoms with Gasteiger partial charge in [-0.15, -0.1) is 0 Å². The molecule has 0 saturated carbocycles. The summed E-state index contributed by atoms with van der Waals surface area (Å²) in [4.78, 5) is 12.5. The molecule has 0 aliphatic heterocycles. The Hall–Kier alpha value is -2.97. The lowest BCUT2D eigenvalue weighted by atomic mass is 10.1. The fourth-order valence-electron chi connectivity index (χ4n) is 3.20. The molecule has 1 aromatic heterocycles. The minimum atomic E-state index is -3.57. The lowest BCUT2D eigenvalue weighted by Gasteiger charge is -2.10. The van der Waals surface area contributed by atoms with Crippen LogP contribution in [0, 0.1) is 6.92 Å². The molecule has 164 valence electrons. The van der Waals surface area contributed by atoms with Gasteiger partial charge in [-0.3, -0.25) is 4.79 Å². The second kappa shape index (κ2) is 9.89. The van der Waals surface area contributed by atoms with Crippen molar-refractivity contribution in [3.8, 4) is 5.69 Å². The molecule has 2 aromatic carbocycles. The Balaban J connectivity index is 1.51. The van der Waals surface area contributed by atoms with Gasteiger partial charge in [0.2, 0.25) is 10.0 Å². The highest BCUT2D eigenvalue weighted by molar-refractivity contribution is 7.89. The van der Waals surface area contributed by atoms with E-state index in [1.807, 2.05) is 48.1 Å². The predicted octanol–water partition coefficient (Wildman–Crippen LogP) is 3.23. The number of aryl methyl sites for hydroxylation is 2. The molecule has 0 unspecified atom stereocenters. The maximum atomic E-state index is 12.4. The number of nitrogens with one attached hydrogen (secondary N) is 2. The number of nitrogens with zero attached hydrogens (tertiary/aromatic N) is 2. The van der Waals surface area contributed by atoms with Crippen LogP contribution in [0.5, 0.6) is 0 Å². The molecular weight excluding hydrogens is 412 g/mol. The lowest BCUT2D eigenvalue weighted by molar-refractivity contribution is 0.0953. The van der Waals surface area contributed by atoms with E-state index in [0.29, 0.717) is 12.1 Å². The van der Waals surface area contributed by atoms with E-state index >= 15 is 0 Å². The van der Waals surface area contributed by atoms with E-state index in [-0.39, 0.29) is 16.8 Å². The van der Waals surface area contributed by atoms with Crippen LogP contribution in [0.4, 0.5) is 0 Å². The number of sulfonamides is 1. The topological polar surface area (TPSA) is 93.1 Å². The number of hydrogen-bond donors (Lipinski definition) is 2. The van der Waals surface area contributed by atoms with Crippen molar-refractivity contribution in [2.45, 2.75) is 44.6 Å². The Labute approximate surface area is 183 Å². The van der Waals surface area contributed by atoms with Gasteiger partial charge in [0, 0.05) is 24.3 Å². The van der Waals surface area contributed by atoms with E-state index in [4.69, 9.17) is 0 Å². The first-order valence-corrected chi connectivity index (χ1v) is 11.8. The SMILES string of the molecule is Cc1nn(-c2ccccc2)cc1CCCNC(=O)c1ccc(S(=O)(=O)NC(C)C)cc1. The van der Waals surface area contributed by atoms with Gasteiger partial charge >= 0.3 is 0 Å². The van der Waals surface area contributed by atoms with Crippen molar-refractivity contribution >= 4 is 15.9 Å². The maximum absolute atomic E-state index is 12.4. The number of hydrogen-bond acceptors (Lipinski definition) is 4. The summed E-state index contributed by atoms with van der Waals surface area (Å²) < 4.78 is 28.7. The van der Waals surface area contributed by atoms with Gasteiger partial charge in [0.1, 0.15) is 0 Å². The quantitative estimate of drug-likeness (QED) is 0.500. The summed E-state index contributed by atoms with van der Waals surface area (Å²) in [6, 6.07) is 15.7. The summed E-state index contributed by atoms with van der Waals surface area (Å²) in [6.07, 6.45) is 3.60. The molecule has 0 saturated heterocycles. The van der Waals surface area contributed by atoms with Crippen molar-refractivity contribution in [1.82, 2.24) is 19.8 Å². The third kappa shape index (κ3) is 6.02. The van der Waals surface area contributed by atoms with Gasteiger partial charge in [-0.1, -0.05) is 18.2 Å². The molecule has 0 spiro atoms. The largest absolute Gasteiger partial charge is 0.352 e. The molecule has 0 aliphatic rings. The van der Waals surface area contributed by atoms with Crippen molar-refractivity contribution in [2.24, 2.45) is 0 Å². The number of rotatable bonds is 9. The van der Waals surface area contributed by atoms with Crippen LogP contribution in [0.1, 0.15) is 41.9 Å². The zero-order chi connectivity index (χ0) is 22.4. The molecule has 1 heterocycles. The van der Waals surface area contributed by atoms with Crippen LogP contribution < -0.4 is 10.0 Å². The fourth-order valence-corrected chi connectivity index (χ4v) is 4.45. The molecule has 31 heavy (non-hydrogen) atoms. The van der Waals surface area contributed by atoms with Gasteiger partial charge in [-0.2, -0.15) is 5.10 Å². The summed E-state index contributed by atoms with van der Waals surface area (Å²) in [7, 11) is -3.57. The average molecular weight is 441 g/mol. The van der Waals surface area contributed by atoms with E-state index in [2.05, 4.69) is 15.1 Å². The highest BCUT2D eigenvalue weighted by Gasteiger charge is 2.16. The average Bonchev–Trinajstić information content (AvgIpc) is 3.11. The van der Waals surface area contributed by atoms with Crippen molar-refractivity contribution < 1.29 is 13.2 Å². The molecule has 8 heteroatoms. The molecule has 0 aliphatic carbocycles. The second-order valence-corrected chi connectivity index (χ2v) is 9.39. The van der Waals surface area contributed by atoms with Crippen LogP contribution in [-0.2, 0) is 16.4 Å². The van der Waals surface area contributed by atoms with Crippen LogP contribution in [0.2, 0.25) is 0 Å². The van der Waals surface area contributed by atoms with Crippen LogP contribution in [0.3, 0.4) is 0 Å². The highest BCUT2D eigenvalue weighted by Crippen LogP contribution is 2.14. The van der Waals surface area contributed by atoms with Gasteiger partial charge in [-0.05, 0) is 75.6 Å². The highest BCUT2D eigenvalue weighted by atomic mass is 32.2. The van der Waals surface area contributed by atoms with E-state index in [1.165, 1.54) is 24.3 Å². The second-order valence-electron chi connectivity index (χ2n) is 7.68. The fraction of sp³-hybridized carbons (Fsp3) is 0.304. The Bertz CT molecular complexity index is 1120. The first-order valence-electron chi connectivity index (χ1n) is 10.3. The molecule has 0 bridgehead atoms. The molecule has 3 rings (SSSR count). The first-order chi connectivity index (χ1) is 14.8. The standard InChI is InChI=1S/C23H28N4O3S/c1-17(2)26-31(29,30)22-13-11-19(12-14-22)23(28)24-15-7-8-20-16-27(25-18(20)3)21-9-5-4-6-10-21/h4-6,9-14,16-17,26H,7-8,15H2,1-3H3,(H,24,28). The number of benzene rings is 2. The number of carbonyl (C=O) groups is 1. The molecule has 7 nitrogen and oxygen atoms in total. The van der Waals surface area contributed by atoms with Crippen molar-refractivity contribution in [2.75, 3.05) is 6.54 Å². The third-order valence-corrected chi connectivity index (χ3v) is 6.42. The summed E-state index contributed by atoms with van der Waals surface area (Å²) >= 11 is 0. The van der Waals surface area contributed by atoms with Gasteiger partial charge in [0.25, 0.3) is 5.91 Å². The van der Waals surface area contributed by atoms with E-state index < -0.39 is 10.0 Å². The Morgan fingerprint density at radius 1 is 1.06 bits per heavy atom. The van der Waals surface area contributed by atoms with E-state index in [9.17, 15) is 13.2 Å². The molecule has 0 atom stereocenters. The molecule has 3 aromatic rings. The van der Waals surface area contributed by atoms with Crippen molar-refractivity contribution in [3.05, 3.63) is 77.6 Å². The normalized spacial score (nSPS) is 11.6. The number of para-hydroxylation sites is 1. The molecule has 1 amide bonds. The van der Waals surface area contributed by atoms with Crippen LogP contribution >= 0.6 is 0 Å². The zero-order valence-corrected chi connectivity index (χ0v) is 18.8. The Kier molecular flexibility index (Phi) is 7.25. The van der Waals surface area contributed by atoms with E-state index in [1.54, 1.807) is 13.8 Å². The monoisotopic (exact) mass is 440 g/mol. The molecule has 0 fully saturated rings. The summed E-state index contributed by atoms with van der Waals surface area (Å²) in [5.74, 6) is -0.225. The van der Waals surface area contributed by atoms with Gasteiger partial charge < -0.3 is 5.32 Å². The Morgan fingerprint density at radius 3 is 2.39 bits per heavy atom. The van der Waals surface area contributed by atoms with Gasteiger partial charge in [-0.25, -0.2) is 17.8 Å². The number of aromatic nitrogens is 2. The predicted molar refractivity (Wildman–Crippen MR) is 121 cm³/mol. The smallest absolute Gasteiger partial charge is 0.251 e. The molecule has 0 radical (unpaired) electrons. The summed E-state index contributed by atoms with van der Waals surface area (Å²) in [5.41, 5.74) is 3.56. The first kappa shape index (κ1) is 22.7. The number of amides is 1. The number of carbonyl (C=O) groups excluding carboxylic acids is 1. The molecular formula is C23H28N4O3S. The Morgan fingerprint density at radius 2 is 1.74 bits per heavy atom. The summed E-state index contributed by atoms with van der Waals surface area (Å²) in [5, 5.41) is 7.45.